The number of nitrogens with two attached hydrogens (primary N) is 1. The molecule has 7 nitrogen and oxygen atoms in total. The Morgan fingerprint density at radius 2 is 1.86 bits per heavy atom. The highest BCUT2D eigenvalue weighted by Crippen LogP contribution is 2.10. The van der Waals surface area contributed by atoms with E-state index in [9.17, 15) is 18.8 Å². The van der Waals surface area contributed by atoms with E-state index in [4.69, 9.17) is 10.8 Å². The summed E-state index contributed by atoms with van der Waals surface area (Å²) < 4.78 is 13.5. The molecule has 0 saturated carbocycles. The lowest BCUT2D eigenvalue weighted by Gasteiger charge is -2.26. The number of hydrogen-bond acceptors (Lipinski definition) is 3. The van der Waals surface area contributed by atoms with Gasteiger partial charge in [0.2, 0.25) is 5.91 Å². The number of carboxylic acids is 1. The molecule has 1 rings (SSSR count). The van der Waals surface area contributed by atoms with E-state index in [2.05, 4.69) is 0 Å². The summed E-state index contributed by atoms with van der Waals surface area (Å²) in [4.78, 5) is 35.6. The number of urea groups is 1. The molecule has 21 heavy (non-hydrogen) atoms. The van der Waals surface area contributed by atoms with E-state index in [1.54, 1.807) is 6.07 Å². The first-order chi connectivity index (χ1) is 9.81. The lowest BCUT2D eigenvalue weighted by atomic mass is 10.2. The number of carboxylic acid groups (broad SMARTS) is 1. The highest BCUT2D eigenvalue weighted by atomic mass is 19.1. The molecule has 0 radical (unpaired) electrons. The van der Waals surface area contributed by atoms with Crippen LogP contribution in [0.4, 0.5) is 9.18 Å². The number of hydrogen-bond donors (Lipinski definition) is 2. The second-order valence-corrected chi connectivity index (χ2v) is 4.45. The highest BCUT2D eigenvalue weighted by molar-refractivity contribution is 5.85. The number of aliphatic carboxylic acids is 1. The van der Waals surface area contributed by atoms with Gasteiger partial charge in [-0.2, -0.15) is 0 Å². The lowest BCUT2D eigenvalue weighted by Crippen LogP contribution is -2.47. The minimum Gasteiger partial charge on any atom is -0.480 e. The van der Waals surface area contributed by atoms with Crippen LogP contribution in [0, 0.1) is 5.82 Å². The SMILES string of the molecule is CN(Cc1ccccc1F)C(=O)N(CC(N)=O)CC(=O)O. The van der Waals surface area contributed by atoms with Crippen LogP contribution < -0.4 is 5.73 Å². The Morgan fingerprint density at radius 1 is 1.24 bits per heavy atom. The van der Waals surface area contributed by atoms with Crippen molar-refractivity contribution >= 4 is 17.9 Å². The van der Waals surface area contributed by atoms with Gasteiger partial charge in [-0.3, -0.25) is 9.59 Å². The number of carbonyl (C=O) groups excluding carboxylic acids is 2. The van der Waals surface area contributed by atoms with E-state index in [1.165, 1.54) is 25.2 Å². The maximum Gasteiger partial charge on any atom is 0.323 e. The van der Waals surface area contributed by atoms with Crippen LogP contribution in [-0.4, -0.2) is 53.0 Å². The summed E-state index contributed by atoms with van der Waals surface area (Å²) in [5.41, 5.74) is 5.26. The van der Waals surface area contributed by atoms with Crippen molar-refractivity contribution < 1.29 is 23.9 Å². The summed E-state index contributed by atoms with van der Waals surface area (Å²) in [5, 5.41) is 8.74. The van der Waals surface area contributed by atoms with Crippen molar-refractivity contribution in [1.82, 2.24) is 9.80 Å². The second-order valence-electron chi connectivity index (χ2n) is 4.45. The zero-order valence-electron chi connectivity index (χ0n) is 11.5. The van der Waals surface area contributed by atoms with Crippen LogP contribution in [0.25, 0.3) is 0 Å². The van der Waals surface area contributed by atoms with Gasteiger partial charge in [0.15, 0.2) is 0 Å². The third-order valence-electron chi connectivity index (χ3n) is 2.64. The largest absolute Gasteiger partial charge is 0.480 e. The van der Waals surface area contributed by atoms with Gasteiger partial charge < -0.3 is 20.6 Å². The molecular weight excluding hydrogens is 281 g/mol. The van der Waals surface area contributed by atoms with Crippen molar-refractivity contribution in [2.24, 2.45) is 5.73 Å². The number of primary amides is 1. The minimum absolute atomic E-state index is 0.0552. The molecule has 0 spiro atoms. The lowest BCUT2D eigenvalue weighted by molar-refractivity contribution is -0.138. The Hall–Kier alpha value is -2.64. The first-order valence-electron chi connectivity index (χ1n) is 6.04. The maximum absolute atomic E-state index is 13.5. The summed E-state index contributed by atoms with van der Waals surface area (Å²) in [6, 6.07) is 5.18. The van der Waals surface area contributed by atoms with E-state index in [-0.39, 0.29) is 12.1 Å². The molecule has 0 aliphatic carbocycles. The van der Waals surface area contributed by atoms with Gasteiger partial charge in [-0.05, 0) is 6.07 Å². The van der Waals surface area contributed by atoms with Crippen molar-refractivity contribution in [2.75, 3.05) is 20.1 Å². The maximum atomic E-state index is 13.5. The van der Waals surface area contributed by atoms with Crippen molar-refractivity contribution in [3.63, 3.8) is 0 Å². The minimum atomic E-state index is -1.27. The molecule has 8 heteroatoms. The molecule has 0 saturated heterocycles. The molecule has 0 aliphatic rings. The van der Waals surface area contributed by atoms with E-state index in [0.717, 1.165) is 9.80 Å². The number of nitrogens with zero attached hydrogens (tertiary/aromatic N) is 2. The van der Waals surface area contributed by atoms with Gasteiger partial charge in [0.25, 0.3) is 0 Å². The molecular formula is C13H16FN3O4. The van der Waals surface area contributed by atoms with Gasteiger partial charge in [0.05, 0.1) is 0 Å². The van der Waals surface area contributed by atoms with Gasteiger partial charge in [0, 0.05) is 19.2 Å². The van der Waals surface area contributed by atoms with Crippen LogP contribution in [0.15, 0.2) is 24.3 Å². The predicted octanol–water partition coefficient (Wildman–Crippen LogP) is 0.249. The average molecular weight is 297 g/mol. The number of amides is 3. The first kappa shape index (κ1) is 16.4. The second kappa shape index (κ2) is 7.22. The Kier molecular flexibility index (Phi) is 5.65. The van der Waals surface area contributed by atoms with Crippen molar-refractivity contribution in [3.05, 3.63) is 35.6 Å². The molecule has 1 aromatic rings. The molecule has 0 aromatic heterocycles. The quantitative estimate of drug-likeness (QED) is 0.785. The topological polar surface area (TPSA) is 104 Å². The smallest absolute Gasteiger partial charge is 0.323 e. The fourth-order valence-corrected chi connectivity index (χ4v) is 1.73. The summed E-state index contributed by atoms with van der Waals surface area (Å²) in [5.74, 6) is -2.58. The predicted molar refractivity (Wildman–Crippen MR) is 71.7 cm³/mol. The van der Waals surface area contributed by atoms with Gasteiger partial charge in [0.1, 0.15) is 18.9 Å². The van der Waals surface area contributed by atoms with Crippen LogP contribution in [0.1, 0.15) is 5.56 Å². The Balaban J connectivity index is 2.80. The van der Waals surface area contributed by atoms with Crippen molar-refractivity contribution in [1.29, 1.82) is 0 Å². The number of rotatable bonds is 6. The Morgan fingerprint density at radius 3 is 2.38 bits per heavy atom. The van der Waals surface area contributed by atoms with Gasteiger partial charge in [-0.15, -0.1) is 0 Å². The third-order valence-corrected chi connectivity index (χ3v) is 2.64. The number of halogens is 1. The van der Waals surface area contributed by atoms with Crippen LogP contribution in [0.2, 0.25) is 0 Å². The zero-order chi connectivity index (χ0) is 16.0. The Labute approximate surface area is 120 Å². The molecule has 0 heterocycles. The molecule has 3 N–H and O–H groups in total. The molecule has 0 bridgehead atoms. The third kappa shape index (κ3) is 5.09. The van der Waals surface area contributed by atoms with Gasteiger partial charge >= 0.3 is 12.0 Å². The number of benzene rings is 1. The fourth-order valence-electron chi connectivity index (χ4n) is 1.73. The number of carbonyl (C=O) groups is 3. The summed E-state index contributed by atoms with van der Waals surface area (Å²) >= 11 is 0. The fraction of sp³-hybridized carbons (Fsp3) is 0.308. The monoisotopic (exact) mass is 297 g/mol. The molecule has 3 amide bonds. The van der Waals surface area contributed by atoms with Crippen molar-refractivity contribution in [3.8, 4) is 0 Å². The van der Waals surface area contributed by atoms with E-state index in [0.29, 0.717) is 0 Å². The van der Waals surface area contributed by atoms with Crippen LogP contribution >= 0.6 is 0 Å². The highest BCUT2D eigenvalue weighted by Gasteiger charge is 2.22. The summed E-state index contributed by atoms with van der Waals surface area (Å²) in [7, 11) is 1.38. The first-order valence-corrected chi connectivity index (χ1v) is 6.04. The van der Waals surface area contributed by atoms with Crippen molar-refractivity contribution in [2.45, 2.75) is 6.54 Å². The molecule has 0 aliphatic heterocycles. The van der Waals surface area contributed by atoms with Gasteiger partial charge in [-0.25, -0.2) is 9.18 Å². The standard InChI is InChI=1S/C13H16FN3O4/c1-16(6-9-4-2-3-5-10(9)14)13(21)17(7-11(15)18)8-12(19)20/h2-5H,6-8H2,1H3,(H2,15,18)(H,19,20). The molecule has 0 unspecified atom stereocenters. The van der Waals surface area contributed by atoms with E-state index >= 15 is 0 Å². The van der Waals surface area contributed by atoms with Crippen LogP contribution in [0.5, 0.6) is 0 Å². The summed E-state index contributed by atoms with van der Waals surface area (Å²) in [6.45, 7) is -1.24. The molecule has 1 aromatic carbocycles. The average Bonchev–Trinajstić information content (AvgIpc) is 2.38. The summed E-state index contributed by atoms with van der Waals surface area (Å²) in [6.07, 6.45) is 0. The van der Waals surface area contributed by atoms with Crippen LogP contribution in [0.3, 0.4) is 0 Å². The van der Waals surface area contributed by atoms with E-state index in [1.807, 2.05) is 0 Å². The van der Waals surface area contributed by atoms with Gasteiger partial charge in [-0.1, -0.05) is 18.2 Å². The molecule has 0 atom stereocenters. The Bertz CT molecular complexity index is 534. The zero-order valence-corrected chi connectivity index (χ0v) is 11.5. The van der Waals surface area contributed by atoms with E-state index < -0.39 is 36.8 Å². The van der Waals surface area contributed by atoms with Crippen LogP contribution in [-0.2, 0) is 16.1 Å². The molecule has 0 fully saturated rings. The molecule has 114 valence electrons. The normalized spacial score (nSPS) is 10.0.